The van der Waals surface area contributed by atoms with Gasteiger partial charge in [0, 0.05) is 24.0 Å². The van der Waals surface area contributed by atoms with Gasteiger partial charge in [0.2, 0.25) is 5.91 Å². The molecule has 4 atom stereocenters. The van der Waals surface area contributed by atoms with Gasteiger partial charge in [-0.3, -0.25) is 9.59 Å². The van der Waals surface area contributed by atoms with Gasteiger partial charge >= 0.3 is 0 Å². The number of hydrogen-bond acceptors (Lipinski definition) is 3. The second-order valence-electron chi connectivity index (χ2n) is 10.9. The molecule has 5 rings (SSSR count). The summed E-state index contributed by atoms with van der Waals surface area (Å²) in [6.07, 6.45) is 4.88. The van der Waals surface area contributed by atoms with Gasteiger partial charge in [-0.15, -0.1) is 0 Å². The SMILES string of the molecule is Cc1cccc(F)c1C(=O)N1CCC[C@H](C(=O)Nc2ccccc2)[C@@H]1c1ccc(NC2CC[C@@H](C)C2)cc1. The Bertz CT molecular complexity index is 1260. The standard InChI is InChI=1S/C32H36FN3O2/c1-21-13-16-26(20-21)34-25-17-14-23(15-18-25)30-27(31(37)35-24-9-4-3-5-10-24)11-7-19-36(30)32(38)29-22(2)8-6-12-28(29)33/h3-6,8-10,12,14-15,17-18,21,26-27,30,34H,7,11,13,16,19-20H2,1-2H3,(H,35,37)/t21-,26?,27+,30+/m1/s1. The monoisotopic (exact) mass is 513 g/mol. The Morgan fingerprint density at radius 2 is 1.66 bits per heavy atom. The van der Waals surface area contributed by atoms with Gasteiger partial charge < -0.3 is 15.5 Å². The largest absolute Gasteiger partial charge is 0.382 e. The first-order valence-corrected chi connectivity index (χ1v) is 13.7. The molecule has 2 amide bonds. The van der Waals surface area contributed by atoms with E-state index in [1.165, 1.54) is 12.5 Å². The molecule has 38 heavy (non-hydrogen) atoms. The van der Waals surface area contributed by atoms with Crippen molar-refractivity contribution in [1.29, 1.82) is 0 Å². The number of piperidine rings is 1. The summed E-state index contributed by atoms with van der Waals surface area (Å²) in [5, 5.41) is 6.67. The van der Waals surface area contributed by atoms with Crippen LogP contribution in [0.25, 0.3) is 0 Å². The highest BCUT2D eigenvalue weighted by molar-refractivity contribution is 5.98. The fourth-order valence-electron chi connectivity index (χ4n) is 6.06. The van der Waals surface area contributed by atoms with Crippen LogP contribution in [0, 0.1) is 24.6 Å². The number of aryl methyl sites for hydroxylation is 1. The van der Waals surface area contributed by atoms with E-state index in [0.717, 1.165) is 35.7 Å². The van der Waals surface area contributed by atoms with Crippen LogP contribution in [0.4, 0.5) is 15.8 Å². The summed E-state index contributed by atoms with van der Waals surface area (Å²) in [6, 6.07) is 22.1. The smallest absolute Gasteiger partial charge is 0.257 e. The number of para-hydroxylation sites is 1. The number of anilines is 2. The molecular formula is C32H36FN3O2. The molecule has 2 fully saturated rings. The summed E-state index contributed by atoms with van der Waals surface area (Å²) in [4.78, 5) is 29.1. The Labute approximate surface area is 224 Å². The van der Waals surface area contributed by atoms with Crippen molar-refractivity contribution in [3.05, 3.63) is 95.3 Å². The van der Waals surface area contributed by atoms with Crippen molar-refractivity contribution in [1.82, 2.24) is 4.90 Å². The van der Waals surface area contributed by atoms with E-state index in [0.29, 0.717) is 31.0 Å². The van der Waals surface area contributed by atoms with Crippen molar-refractivity contribution in [2.75, 3.05) is 17.2 Å². The summed E-state index contributed by atoms with van der Waals surface area (Å²) >= 11 is 0. The average molecular weight is 514 g/mol. The Morgan fingerprint density at radius 3 is 2.34 bits per heavy atom. The zero-order valence-corrected chi connectivity index (χ0v) is 22.1. The third-order valence-corrected chi connectivity index (χ3v) is 8.02. The van der Waals surface area contributed by atoms with E-state index in [2.05, 4.69) is 17.6 Å². The highest BCUT2D eigenvalue weighted by Gasteiger charge is 2.40. The molecule has 1 saturated carbocycles. The van der Waals surface area contributed by atoms with Crippen LogP contribution in [0.15, 0.2) is 72.8 Å². The molecule has 1 unspecified atom stereocenters. The minimum Gasteiger partial charge on any atom is -0.382 e. The number of carbonyl (C=O) groups excluding carboxylic acids is 2. The number of nitrogens with one attached hydrogen (secondary N) is 2. The second kappa shape index (κ2) is 11.4. The highest BCUT2D eigenvalue weighted by Crippen LogP contribution is 2.39. The zero-order chi connectivity index (χ0) is 26.6. The molecule has 198 valence electrons. The molecule has 1 aliphatic carbocycles. The fraction of sp³-hybridized carbons (Fsp3) is 0.375. The van der Waals surface area contributed by atoms with Crippen LogP contribution >= 0.6 is 0 Å². The third-order valence-electron chi connectivity index (χ3n) is 8.02. The first-order chi connectivity index (χ1) is 18.4. The van der Waals surface area contributed by atoms with Crippen LogP contribution < -0.4 is 10.6 Å². The molecule has 1 aliphatic heterocycles. The van der Waals surface area contributed by atoms with Gasteiger partial charge in [0.05, 0.1) is 17.5 Å². The number of hydrogen-bond donors (Lipinski definition) is 2. The number of carbonyl (C=O) groups is 2. The molecule has 6 heteroatoms. The molecule has 2 N–H and O–H groups in total. The molecule has 0 spiro atoms. The number of likely N-dealkylation sites (tertiary alicyclic amines) is 1. The van der Waals surface area contributed by atoms with Gasteiger partial charge in [-0.1, -0.05) is 49.4 Å². The van der Waals surface area contributed by atoms with Crippen LogP contribution in [-0.4, -0.2) is 29.3 Å². The average Bonchev–Trinajstić information content (AvgIpc) is 3.33. The summed E-state index contributed by atoms with van der Waals surface area (Å²) < 4.78 is 14.9. The molecule has 1 saturated heterocycles. The van der Waals surface area contributed by atoms with E-state index < -0.39 is 17.8 Å². The summed E-state index contributed by atoms with van der Waals surface area (Å²) in [5.41, 5.74) is 3.31. The van der Waals surface area contributed by atoms with Crippen molar-refractivity contribution in [3.63, 3.8) is 0 Å². The zero-order valence-electron chi connectivity index (χ0n) is 22.1. The van der Waals surface area contributed by atoms with Crippen molar-refractivity contribution in [2.24, 2.45) is 11.8 Å². The Hall–Kier alpha value is -3.67. The van der Waals surface area contributed by atoms with Crippen molar-refractivity contribution in [3.8, 4) is 0 Å². The number of amides is 2. The van der Waals surface area contributed by atoms with Crippen LogP contribution in [0.2, 0.25) is 0 Å². The minimum absolute atomic E-state index is 0.0789. The van der Waals surface area contributed by atoms with Crippen LogP contribution in [0.5, 0.6) is 0 Å². The van der Waals surface area contributed by atoms with Crippen molar-refractivity contribution in [2.45, 2.75) is 58.0 Å². The number of halogens is 1. The van der Waals surface area contributed by atoms with Crippen LogP contribution in [-0.2, 0) is 4.79 Å². The second-order valence-corrected chi connectivity index (χ2v) is 10.9. The van der Waals surface area contributed by atoms with Gasteiger partial charge in [0.1, 0.15) is 5.82 Å². The maximum Gasteiger partial charge on any atom is 0.257 e. The predicted octanol–water partition coefficient (Wildman–Crippen LogP) is 6.97. The lowest BCUT2D eigenvalue weighted by Crippen LogP contribution is -2.46. The van der Waals surface area contributed by atoms with Crippen molar-refractivity contribution >= 4 is 23.2 Å². The summed E-state index contributed by atoms with van der Waals surface area (Å²) in [5.74, 6) is -0.764. The molecule has 2 aliphatic rings. The van der Waals surface area contributed by atoms with Crippen molar-refractivity contribution < 1.29 is 14.0 Å². The molecular weight excluding hydrogens is 477 g/mol. The summed E-state index contributed by atoms with van der Waals surface area (Å²) in [7, 11) is 0. The van der Waals surface area contributed by atoms with Gasteiger partial charge in [-0.25, -0.2) is 4.39 Å². The topological polar surface area (TPSA) is 61.4 Å². The van der Waals surface area contributed by atoms with Gasteiger partial charge in [-0.2, -0.15) is 0 Å². The minimum atomic E-state index is -0.532. The predicted molar refractivity (Wildman–Crippen MR) is 150 cm³/mol. The van der Waals surface area contributed by atoms with Crippen LogP contribution in [0.1, 0.15) is 66.6 Å². The first-order valence-electron chi connectivity index (χ1n) is 13.7. The lowest BCUT2D eigenvalue weighted by Gasteiger charge is -2.41. The highest BCUT2D eigenvalue weighted by atomic mass is 19.1. The number of nitrogens with zero attached hydrogens (tertiary/aromatic N) is 1. The molecule has 3 aromatic carbocycles. The van der Waals surface area contributed by atoms with E-state index in [1.807, 2.05) is 54.6 Å². The lowest BCUT2D eigenvalue weighted by atomic mass is 9.83. The molecule has 0 radical (unpaired) electrons. The van der Waals surface area contributed by atoms with Crippen LogP contribution in [0.3, 0.4) is 0 Å². The first kappa shape index (κ1) is 26.0. The van der Waals surface area contributed by atoms with Gasteiger partial charge in [0.15, 0.2) is 0 Å². The molecule has 1 heterocycles. The van der Waals surface area contributed by atoms with E-state index >= 15 is 0 Å². The Kier molecular flexibility index (Phi) is 7.77. The van der Waals surface area contributed by atoms with E-state index in [1.54, 1.807) is 24.0 Å². The summed E-state index contributed by atoms with van der Waals surface area (Å²) in [6.45, 7) is 4.50. The van der Waals surface area contributed by atoms with Gasteiger partial charge in [0.25, 0.3) is 5.91 Å². The maximum atomic E-state index is 14.9. The van der Waals surface area contributed by atoms with E-state index in [4.69, 9.17) is 0 Å². The maximum absolute atomic E-state index is 14.9. The van der Waals surface area contributed by atoms with E-state index in [9.17, 15) is 14.0 Å². The van der Waals surface area contributed by atoms with E-state index in [-0.39, 0.29) is 17.4 Å². The molecule has 0 bridgehead atoms. The Morgan fingerprint density at radius 1 is 0.895 bits per heavy atom. The van der Waals surface area contributed by atoms with Gasteiger partial charge in [-0.05, 0) is 86.4 Å². The number of benzene rings is 3. The lowest BCUT2D eigenvalue weighted by molar-refractivity contribution is -0.123. The quantitative estimate of drug-likeness (QED) is 0.374. The fourth-order valence-corrected chi connectivity index (χ4v) is 6.06. The normalized spacial score (nSPS) is 23.2. The molecule has 0 aromatic heterocycles. The third kappa shape index (κ3) is 5.59. The Balaban J connectivity index is 1.46. The number of rotatable bonds is 6. The molecule has 3 aromatic rings. The molecule has 5 nitrogen and oxygen atoms in total.